The molecule has 1 heterocycles. The van der Waals surface area contributed by atoms with Crippen LogP contribution in [0.3, 0.4) is 0 Å². The predicted molar refractivity (Wildman–Crippen MR) is 78.1 cm³/mol. The number of benzene rings is 1. The number of hydrogen-bond acceptors (Lipinski definition) is 4. The number of alkyl halides is 3. The summed E-state index contributed by atoms with van der Waals surface area (Å²) in [6.45, 7) is 5.32. The highest BCUT2D eigenvalue weighted by Crippen LogP contribution is 2.37. The van der Waals surface area contributed by atoms with Crippen molar-refractivity contribution in [2.24, 2.45) is 0 Å². The standard InChI is InChI=1S/C15H19F3N2O3/c1-13(2,3)23-12(21)20-11-6-9(15(16,17)18)4-5-10(11)14(22)7-19-8-14/h4-6,19,22H,7-8H2,1-3H3,(H,20,21). The Bertz CT molecular complexity index is 605. The van der Waals surface area contributed by atoms with E-state index in [1.54, 1.807) is 20.8 Å². The number of halogens is 3. The molecule has 0 unspecified atom stereocenters. The fourth-order valence-corrected chi connectivity index (χ4v) is 2.20. The molecule has 0 aromatic heterocycles. The Morgan fingerprint density at radius 3 is 2.35 bits per heavy atom. The summed E-state index contributed by atoms with van der Waals surface area (Å²) in [5.74, 6) is 0. The van der Waals surface area contributed by atoms with Gasteiger partial charge in [0.1, 0.15) is 11.2 Å². The molecule has 0 spiro atoms. The molecular formula is C15H19F3N2O3. The predicted octanol–water partition coefficient (Wildman–Crippen LogP) is 2.84. The van der Waals surface area contributed by atoms with E-state index in [4.69, 9.17) is 4.74 Å². The Morgan fingerprint density at radius 2 is 1.91 bits per heavy atom. The van der Waals surface area contributed by atoms with Gasteiger partial charge in [-0.25, -0.2) is 4.79 Å². The normalized spacial score (nSPS) is 17.3. The number of anilines is 1. The molecule has 1 aromatic carbocycles. The Morgan fingerprint density at radius 1 is 1.30 bits per heavy atom. The molecule has 2 rings (SSSR count). The summed E-state index contributed by atoms with van der Waals surface area (Å²) in [6.07, 6.45) is -5.43. The van der Waals surface area contributed by atoms with Gasteiger partial charge in [0.25, 0.3) is 0 Å². The molecule has 0 radical (unpaired) electrons. The molecular weight excluding hydrogens is 313 g/mol. The van der Waals surface area contributed by atoms with Gasteiger partial charge in [-0.3, -0.25) is 5.32 Å². The Balaban J connectivity index is 2.35. The molecule has 1 aromatic rings. The zero-order valence-corrected chi connectivity index (χ0v) is 13.0. The van der Waals surface area contributed by atoms with E-state index in [1.807, 2.05) is 0 Å². The minimum absolute atomic E-state index is 0.113. The summed E-state index contributed by atoms with van der Waals surface area (Å²) in [5, 5.41) is 15.5. The number of nitrogens with one attached hydrogen (secondary N) is 2. The smallest absolute Gasteiger partial charge is 0.416 e. The van der Waals surface area contributed by atoms with Gasteiger partial charge in [-0.2, -0.15) is 13.2 Å². The van der Waals surface area contributed by atoms with E-state index in [9.17, 15) is 23.1 Å². The second-order valence-corrected chi connectivity index (χ2v) is 6.52. The number of ether oxygens (including phenoxy) is 1. The first kappa shape index (κ1) is 17.6. The van der Waals surface area contributed by atoms with E-state index in [-0.39, 0.29) is 24.3 Å². The molecule has 1 fully saturated rings. The van der Waals surface area contributed by atoms with Crippen molar-refractivity contribution in [3.63, 3.8) is 0 Å². The van der Waals surface area contributed by atoms with Crippen LogP contribution in [-0.2, 0) is 16.5 Å². The molecule has 0 bridgehead atoms. The van der Waals surface area contributed by atoms with Crippen molar-refractivity contribution in [1.82, 2.24) is 5.32 Å². The first-order chi connectivity index (χ1) is 10.4. The summed E-state index contributed by atoms with van der Waals surface area (Å²) in [4.78, 5) is 11.9. The van der Waals surface area contributed by atoms with Gasteiger partial charge in [0.05, 0.1) is 11.3 Å². The quantitative estimate of drug-likeness (QED) is 0.779. The molecule has 8 heteroatoms. The highest BCUT2D eigenvalue weighted by molar-refractivity contribution is 5.86. The summed E-state index contributed by atoms with van der Waals surface area (Å²) in [5.41, 5.74) is -2.91. The molecule has 23 heavy (non-hydrogen) atoms. The number of β-amino-alcohol motifs (C(OH)–C–C–N with tert-alkyl or cyclic N) is 1. The van der Waals surface area contributed by atoms with E-state index in [0.29, 0.717) is 0 Å². The van der Waals surface area contributed by atoms with Gasteiger partial charge < -0.3 is 15.2 Å². The first-order valence-electron chi connectivity index (χ1n) is 7.06. The Kier molecular flexibility index (Phi) is 4.34. The summed E-state index contributed by atoms with van der Waals surface area (Å²) >= 11 is 0. The lowest BCUT2D eigenvalue weighted by molar-refractivity contribution is -0.137. The van der Waals surface area contributed by atoms with E-state index in [0.717, 1.165) is 12.1 Å². The van der Waals surface area contributed by atoms with Gasteiger partial charge in [0, 0.05) is 18.7 Å². The van der Waals surface area contributed by atoms with Crippen molar-refractivity contribution < 1.29 is 27.8 Å². The van der Waals surface area contributed by atoms with E-state index < -0.39 is 29.0 Å². The lowest BCUT2D eigenvalue weighted by Gasteiger charge is -2.39. The molecule has 0 saturated carbocycles. The van der Waals surface area contributed by atoms with Crippen molar-refractivity contribution >= 4 is 11.8 Å². The van der Waals surface area contributed by atoms with E-state index in [2.05, 4.69) is 10.6 Å². The fraction of sp³-hybridized carbons (Fsp3) is 0.533. The number of rotatable bonds is 2. The third kappa shape index (κ3) is 4.14. The lowest BCUT2D eigenvalue weighted by atomic mass is 9.86. The van der Waals surface area contributed by atoms with Gasteiger partial charge in [-0.15, -0.1) is 0 Å². The van der Waals surface area contributed by atoms with Crippen LogP contribution in [0.5, 0.6) is 0 Å². The molecule has 5 nitrogen and oxygen atoms in total. The molecule has 128 valence electrons. The highest BCUT2D eigenvalue weighted by atomic mass is 19.4. The van der Waals surface area contributed by atoms with Crippen LogP contribution in [0.15, 0.2) is 18.2 Å². The van der Waals surface area contributed by atoms with Crippen molar-refractivity contribution in [3.8, 4) is 0 Å². The Hall–Kier alpha value is -1.80. The molecule has 3 N–H and O–H groups in total. The number of amides is 1. The van der Waals surface area contributed by atoms with Gasteiger partial charge in [0.2, 0.25) is 0 Å². The number of carbonyl (C=O) groups excluding carboxylic acids is 1. The molecule has 1 aliphatic heterocycles. The van der Waals surface area contributed by atoms with Crippen LogP contribution in [0, 0.1) is 0 Å². The number of hydrogen-bond donors (Lipinski definition) is 3. The summed E-state index contributed by atoms with van der Waals surface area (Å²) < 4.78 is 43.7. The van der Waals surface area contributed by atoms with Gasteiger partial charge in [-0.1, -0.05) is 6.07 Å². The van der Waals surface area contributed by atoms with Crippen molar-refractivity contribution in [1.29, 1.82) is 0 Å². The van der Waals surface area contributed by atoms with Crippen LogP contribution in [0.2, 0.25) is 0 Å². The highest BCUT2D eigenvalue weighted by Gasteiger charge is 2.40. The SMILES string of the molecule is CC(C)(C)OC(=O)Nc1cc(C(F)(F)F)ccc1C1(O)CNC1. The molecule has 0 atom stereocenters. The van der Waals surface area contributed by atoms with Crippen LogP contribution in [0.4, 0.5) is 23.7 Å². The zero-order chi connectivity index (χ0) is 17.5. The molecule has 0 aliphatic carbocycles. The molecule has 1 saturated heterocycles. The largest absolute Gasteiger partial charge is 0.444 e. The maximum absolute atomic E-state index is 12.9. The minimum atomic E-state index is -4.55. The molecule has 1 aliphatic rings. The number of aliphatic hydroxyl groups is 1. The minimum Gasteiger partial charge on any atom is -0.444 e. The fourth-order valence-electron chi connectivity index (χ4n) is 2.20. The summed E-state index contributed by atoms with van der Waals surface area (Å²) in [7, 11) is 0. The maximum atomic E-state index is 12.9. The van der Waals surface area contributed by atoms with Crippen LogP contribution < -0.4 is 10.6 Å². The topological polar surface area (TPSA) is 70.6 Å². The second-order valence-electron chi connectivity index (χ2n) is 6.52. The van der Waals surface area contributed by atoms with Crippen molar-refractivity contribution in [3.05, 3.63) is 29.3 Å². The van der Waals surface area contributed by atoms with Crippen LogP contribution in [-0.4, -0.2) is 29.9 Å². The monoisotopic (exact) mass is 332 g/mol. The summed E-state index contributed by atoms with van der Waals surface area (Å²) in [6, 6.07) is 2.86. The van der Waals surface area contributed by atoms with Crippen molar-refractivity contribution in [2.45, 2.75) is 38.1 Å². The maximum Gasteiger partial charge on any atom is 0.416 e. The third-order valence-corrected chi connectivity index (χ3v) is 3.32. The van der Waals surface area contributed by atoms with Gasteiger partial charge >= 0.3 is 12.3 Å². The third-order valence-electron chi connectivity index (χ3n) is 3.32. The average Bonchev–Trinajstić information content (AvgIpc) is 2.32. The van der Waals surface area contributed by atoms with Crippen LogP contribution in [0.1, 0.15) is 31.9 Å². The van der Waals surface area contributed by atoms with Crippen molar-refractivity contribution in [2.75, 3.05) is 18.4 Å². The van der Waals surface area contributed by atoms with E-state index in [1.165, 1.54) is 6.07 Å². The zero-order valence-electron chi connectivity index (χ0n) is 13.0. The second kappa shape index (κ2) is 5.68. The first-order valence-corrected chi connectivity index (χ1v) is 7.06. The van der Waals surface area contributed by atoms with Crippen LogP contribution in [0.25, 0.3) is 0 Å². The Labute approximate surface area is 131 Å². The van der Waals surface area contributed by atoms with Gasteiger partial charge in [0.15, 0.2) is 0 Å². The average molecular weight is 332 g/mol. The molecule has 1 amide bonds. The number of carbonyl (C=O) groups is 1. The van der Waals surface area contributed by atoms with Gasteiger partial charge in [-0.05, 0) is 32.9 Å². The van der Waals surface area contributed by atoms with E-state index >= 15 is 0 Å². The van der Waals surface area contributed by atoms with Crippen LogP contribution >= 0.6 is 0 Å². The lowest BCUT2D eigenvalue weighted by Crippen LogP contribution is -2.57.